The minimum absolute atomic E-state index is 0.00967. The largest absolute Gasteiger partial charge is 0.444 e. The zero-order chi connectivity index (χ0) is 24.6. The molecule has 2 heterocycles. The topological polar surface area (TPSA) is 93.2 Å². The average Bonchev–Trinajstić information content (AvgIpc) is 2.75. The highest BCUT2D eigenvalue weighted by molar-refractivity contribution is 7.98. The number of carbonyl (C=O) groups is 2. The molecule has 2 aromatic rings. The molecule has 0 aromatic carbocycles. The molecule has 4 saturated carbocycles. The van der Waals surface area contributed by atoms with Crippen LogP contribution in [-0.4, -0.2) is 33.1 Å². The lowest BCUT2D eigenvalue weighted by Gasteiger charge is -2.56. The van der Waals surface area contributed by atoms with E-state index < -0.39 is 11.7 Å². The van der Waals surface area contributed by atoms with Gasteiger partial charge in [0.05, 0.1) is 5.56 Å². The second-order valence-electron chi connectivity index (χ2n) is 11.5. The molecule has 0 spiro atoms. The number of thioether (sulfide) groups is 1. The number of nitrogens with one attached hydrogen (secondary N) is 2. The summed E-state index contributed by atoms with van der Waals surface area (Å²) in [7, 11) is 0. The number of rotatable bonds is 6. The van der Waals surface area contributed by atoms with E-state index in [2.05, 4.69) is 20.6 Å². The molecule has 2 aromatic heterocycles. The highest BCUT2D eigenvalue weighted by atomic mass is 32.2. The smallest absolute Gasteiger partial charge is 0.413 e. The molecule has 186 valence electrons. The van der Waals surface area contributed by atoms with Crippen molar-refractivity contribution in [2.45, 2.75) is 81.2 Å². The molecule has 2 N–H and O–H groups in total. The van der Waals surface area contributed by atoms with Gasteiger partial charge in [-0.25, -0.2) is 14.8 Å². The lowest BCUT2D eigenvalue weighted by molar-refractivity contribution is -0.0167. The van der Waals surface area contributed by atoms with Crippen molar-refractivity contribution in [1.82, 2.24) is 15.3 Å². The molecule has 7 nitrogen and oxygen atoms in total. The fraction of sp³-hybridized carbons (Fsp3) is 0.556. The highest BCUT2D eigenvalue weighted by Gasteiger charge is 2.51. The molecule has 4 aliphatic rings. The Morgan fingerprint density at radius 1 is 1.06 bits per heavy atom. The fourth-order valence-corrected chi connectivity index (χ4v) is 7.38. The van der Waals surface area contributed by atoms with Crippen LogP contribution in [0.15, 0.2) is 41.7 Å². The highest BCUT2D eigenvalue weighted by Crippen LogP contribution is 2.55. The molecule has 0 radical (unpaired) electrons. The molecule has 4 aliphatic carbocycles. The zero-order valence-corrected chi connectivity index (χ0v) is 21.5. The van der Waals surface area contributed by atoms with Crippen molar-refractivity contribution in [2.75, 3.05) is 5.32 Å². The molecule has 0 saturated heterocycles. The number of pyridine rings is 2. The summed E-state index contributed by atoms with van der Waals surface area (Å²) < 4.78 is 5.30. The van der Waals surface area contributed by atoms with Gasteiger partial charge < -0.3 is 10.1 Å². The molecular formula is C27H34N4O3S. The number of ether oxygens (including phenoxy) is 1. The van der Waals surface area contributed by atoms with Gasteiger partial charge in [0.2, 0.25) is 0 Å². The minimum Gasteiger partial charge on any atom is -0.444 e. The van der Waals surface area contributed by atoms with Crippen molar-refractivity contribution < 1.29 is 14.3 Å². The van der Waals surface area contributed by atoms with Crippen LogP contribution in [0.4, 0.5) is 10.6 Å². The predicted octanol–water partition coefficient (Wildman–Crippen LogP) is 5.81. The number of anilines is 1. The van der Waals surface area contributed by atoms with Gasteiger partial charge in [-0.05, 0) is 107 Å². The van der Waals surface area contributed by atoms with Crippen LogP contribution in [0.5, 0.6) is 0 Å². The fourth-order valence-electron chi connectivity index (χ4n) is 6.44. The third kappa shape index (κ3) is 5.80. The molecule has 0 atom stereocenters. The van der Waals surface area contributed by atoms with Gasteiger partial charge in [0.15, 0.2) is 0 Å². The third-order valence-corrected chi connectivity index (χ3v) is 8.34. The predicted molar refractivity (Wildman–Crippen MR) is 136 cm³/mol. The normalized spacial score (nSPS) is 26.9. The van der Waals surface area contributed by atoms with Crippen LogP contribution in [0.3, 0.4) is 0 Å². The van der Waals surface area contributed by atoms with E-state index in [4.69, 9.17) is 4.74 Å². The van der Waals surface area contributed by atoms with Crippen LogP contribution in [0.2, 0.25) is 0 Å². The van der Waals surface area contributed by atoms with E-state index >= 15 is 0 Å². The number of aromatic nitrogens is 2. The molecule has 4 fully saturated rings. The maximum absolute atomic E-state index is 13.4. The van der Waals surface area contributed by atoms with Gasteiger partial charge in [-0.3, -0.25) is 10.1 Å². The quantitative estimate of drug-likeness (QED) is 0.492. The molecule has 35 heavy (non-hydrogen) atoms. The average molecular weight is 495 g/mol. The van der Waals surface area contributed by atoms with Crippen molar-refractivity contribution in [1.29, 1.82) is 0 Å². The molecule has 8 heteroatoms. The number of amides is 2. The van der Waals surface area contributed by atoms with E-state index in [0.717, 1.165) is 42.6 Å². The van der Waals surface area contributed by atoms with E-state index in [9.17, 15) is 9.59 Å². The lowest BCUT2D eigenvalue weighted by Crippen LogP contribution is -2.59. The first-order valence-electron chi connectivity index (χ1n) is 12.5. The first-order valence-corrected chi connectivity index (χ1v) is 13.5. The number of hydrogen-bond acceptors (Lipinski definition) is 6. The number of nitrogens with zero attached hydrogens (tertiary/aromatic N) is 2. The van der Waals surface area contributed by atoms with E-state index in [1.54, 1.807) is 12.4 Å². The Hall–Kier alpha value is -2.61. The van der Waals surface area contributed by atoms with Gasteiger partial charge in [0, 0.05) is 23.7 Å². The number of carbonyl (C=O) groups excluding carboxylic acids is 2. The van der Waals surface area contributed by atoms with Gasteiger partial charge in [0.25, 0.3) is 5.91 Å². The Balaban J connectivity index is 1.23. The van der Waals surface area contributed by atoms with Crippen LogP contribution in [-0.2, 0) is 10.5 Å². The maximum atomic E-state index is 13.4. The Morgan fingerprint density at radius 3 is 2.40 bits per heavy atom. The van der Waals surface area contributed by atoms with E-state index in [1.807, 2.05) is 45.0 Å². The van der Waals surface area contributed by atoms with E-state index in [-0.39, 0.29) is 11.4 Å². The Bertz CT molecular complexity index is 1080. The molecule has 6 rings (SSSR count). The standard InChI is InChI=1S/C27H34N4O3S/c1-26(2,3)34-25(33)30-22-12-17(6-8-28-22)16-35-24-21(5-4-7-29-24)23(32)31-27-13-18-9-19(14-27)11-20(10-18)15-27/h4-8,12,18-20H,9-11,13-16H2,1-3H3,(H,31,32)(H,28,30,33). The monoisotopic (exact) mass is 494 g/mol. The van der Waals surface area contributed by atoms with Crippen molar-refractivity contribution >= 4 is 29.6 Å². The Morgan fingerprint density at radius 2 is 1.74 bits per heavy atom. The summed E-state index contributed by atoms with van der Waals surface area (Å²) in [5, 5.41) is 6.86. The van der Waals surface area contributed by atoms with Gasteiger partial charge in [0.1, 0.15) is 16.4 Å². The summed E-state index contributed by atoms with van der Waals surface area (Å²) in [6, 6.07) is 7.40. The zero-order valence-electron chi connectivity index (χ0n) is 20.7. The summed E-state index contributed by atoms with van der Waals surface area (Å²) >= 11 is 1.51. The summed E-state index contributed by atoms with van der Waals surface area (Å²) in [5.74, 6) is 3.35. The minimum atomic E-state index is -0.580. The second-order valence-corrected chi connectivity index (χ2v) is 12.4. The van der Waals surface area contributed by atoms with E-state index in [0.29, 0.717) is 22.2 Å². The summed E-state index contributed by atoms with van der Waals surface area (Å²) in [6.45, 7) is 5.45. The summed E-state index contributed by atoms with van der Waals surface area (Å²) in [6.07, 6.45) is 10.3. The summed E-state index contributed by atoms with van der Waals surface area (Å²) in [4.78, 5) is 34.2. The van der Waals surface area contributed by atoms with Crippen LogP contribution in [0, 0.1) is 17.8 Å². The van der Waals surface area contributed by atoms with Crippen LogP contribution >= 0.6 is 11.8 Å². The van der Waals surface area contributed by atoms with Crippen molar-refractivity contribution in [3.05, 3.63) is 47.8 Å². The third-order valence-electron chi connectivity index (χ3n) is 7.26. The molecular weight excluding hydrogens is 460 g/mol. The first kappa shape index (κ1) is 24.1. The van der Waals surface area contributed by atoms with Gasteiger partial charge in [-0.15, -0.1) is 11.8 Å². The number of hydrogen-bond donors (Lipinski definition) is 2. The van der Waals surface area contributed by atoms with Gasteiger partial charge in [-0.2, -0.15) is 0 Å². The second kappa shape index (κ2) is 9.45. The van der Waals surface area contributed by atoms with Crippen molar-refractivity contribution in [3.8, 4) is 0 Å². The molecule has 0 aliphatic heterocycles. The first-order chi connectivity index (χ1) is 16.7. The van der Waals surface area contributed by atoms with Crippen molar-refractivity contribution in [3.63, 3.8) is 0 Å². The molecule has 4 bridgehead atoms. The van der Waals surface area contributed by atoms with Crippen LogP contribution in [0.1, 0.15) is 75.2 Å². The van der Waals surface area contributed by atoms with Crippen LogP contribution in [0.25, 0.3) is 0 Å². The molecule has 2 amide bonds. The SMILES string of the molecule is CC(C)(C)OC(=O)Nc1cc(CSc2ncccc2C(=O)NC23CC4CC(CC(C4)C2)C3)ccn1. The Kier molecular flexibility index (Phi) is 6.51. The van der Waals surface area contributed by atoms with Gasteiger partial charge in [-0.1, -0.05) is 0 Å². The summed E-state index contributed by atoms with van der Waals surface area (Å²) in [5.41, 5.74) is 0.990. The van der Waals surface area contributed by atoms with Crippen LogP contribution < -0.4 is 10.6 Å². The lowest BCUT2D eigenvalue weighted by atomic mass is 9.53. The van der Waals surface area contributed by atoms with Crippen molar-refractivity contribution in [2.24, 2.45) is 17.8 Å². The Labute approximate surface area is 211 Å². The van der Waals surface area contributed by atoms with Gasteiger partial charge >= 0.3 is 6.09 Å². The molecule has 0 unspecified atom stereocenters. The van der Waals surface area contributed by atoms with E-state index in [1.165, 1.54) is 31.0 Å². The maximum Gasteiger partial charge on any atom is 0.413 e.